The summed E-state index contributed by atoms with van der Waals surface area (Å²) < 4.78 is 0. The van der Waals surface area contributed by atoms with Crippen LogP contribution in [0, 0.1) is 12.2 Å². The molecule has 1 rings (SSSR count). The smallest absolute Gasteiger partial charge is 0.166 e. The van der Waals surface area contributed by atoms with E-state index in [1.54, 1.807) is 0 Å². The Morgan fingerprint density at radius 2 is 2.29 bits per heavy atom. The van der Waals surface area contributed by atoms with E-state index in [0.717, 1.165) is 5.82 Å². The molecule has 1 aliphatic carbocycles. The lowest BCUT2D eigenvalue weighted by atomic mass is 9.56. The lowest BCUT2D eigenvalue weighted by Crippen LogP contribution is -2.10. The van der Waals surface area contributed by atoms with Crippen molar-refractivity contribution in [1.82, 2.24) is 0 Å². The monoisotopic (exact) mass is 91.1 g/mol. The lowest BCUT2D eigenvalue weighted by Gasteiger charge is -2.21. The van der Waals surface area contributed by atoms with Crippen molar-refractivity contribution in [2.24, 2.45) is 0 Å². The maximum absolute atomic E-state index is 5.03. The van der Waals surface area contributed by atoms with Crippen molar-refractivity contribution in [2.75, 3.05) is 0 Å². The second-order valence-corrected chi connectivity index (χ2v) is 2.02. The standard InChI is InChI=1S/C6H8B/c1-2-7-6-4-3-5-6/h1,6H,3-5H2. The first-order valence-corrected chi connectivity index (χ1v) is 2.73. The van der Waals surface area contributed by atoms with E-state index < -0.39 is 0 Å². The van der Waals surface area contributed by atoms with Gasteiger partial charge in [-0.15, -0.1) is 6.42 Å². The molecule has 1 aliphatic rings. The van der Waals surface area contributed by atoms with Crippen LogP contribution >= 0.6 is 0 Å². The zero-order valence-corrected chi connectivity index (χ0v) is 4.35. The summed E-state index contributed by atoms with van der Waals surface area (Å²) in [6, 6.07) is 0. The van der Waals surface area contributed by atoms with Crippen LogP contribution in [0.25, 0.3) is 0 Å². The van der Waals surface area contributed by atoms with Gasteiger partial charge in [0.2, 0.25) is 7.28 Å². The summed E-state index contributed by atoms with van der Waals surface area (Å²) in [5.74, 6) is 3.31. The Bertz CT molecular complexity index is 86.8. The van der Waals surface area contributed by atoms with Gasteiger partial charge in [-0.1, -0.05) is 25.1 Å². The predicted molar refractivity (Wildman–Crippen MR) is 32.2 cm³/mol. The first-order chi connectivity index (χ1) is 3.43. The summed E-state index contributed by atoms with van der Waals surface area (Å²) in [4.78, 5) is 0. The number of rotatable bonds is 1. The Labute approximate surface area is 45.5 Å². The van der Waals surface area contributed by atoms with Crippen molar-refractivity contribution in [2.45, 2.75) is 25.1 Å². The quantitative estimate of drug-likeness (QED) is 0.336. The van der Waals surface area contributed by atoms with Crippen LogP contribution in [0.2, 0.25) is 5.82 Å². The molecule has 1 heteroatoms. The third-order valence-corrected chi connectivity index (χ3v) is 1.48. The maximum Gasteiger partial charge on any atom is 0.218 e. The van der Waals surface area contributed by atoms with Gasteiger partial charge in [-0.05, 0) is 0 Å². The Morgan fingerprint density at radius 1 is 1.57 bits per heavy atom. The Morgan fingerprint density at radius 3 is 2.43 bits per heavy atom. The minimum Gasteiger partial charge on any atom is -0.166 e. The summed E-state index contributed by atoms with van der Waals surface area (Å²) >= 11 is 0. The second kappa shape index (κ2) is 2.07. The normalized spacial score (nSPS) is 19.9. The average molecular weight is 90.9 g/mol. The Kier molecular flexibility index (Phi) is 1.41. The largest absolute Gasteiger partial charge is 0.218 e. The number of terminal acetylenes is 1. The van der Waals surface area contributed by atoms with E-state index >= 15 is 0 Å². The van der Waals surface area contributed by atoms with Crippen LogP contribution in [0.3, 0.4) is 0 Å². The van der Waals surface area contributed by atoms with Gasteiger partial charge in [-0.3, -0.25) is 0 Å². The first-order valence-electron chi connectivity index (χ1n) is 2.73. The fraction of sp³-hybridized carbons (Fsp3) is 0.667. The molecule has 0 aliphatic heterocycles. The van der Waals surface area contributed by atoms with Crippen molar-refractivity contribution in [3.63, 3.8) is 0 Å². The summed E-state index contributed by atoms with van der Waals surface area (Å²) in [7, 11) is 1.96. The molecule has 0 saturated heterocycles. The Balaban J connectivity index is 2.06. The molecular formula is C6H8B. The molecule has 1 saturated carbocycles. The molecule has 0 spiro atoms. The highest BCUT2D eigenvalue weighted by atomic mass is 14.1. The zero-order chi connectivity index (χ0) is 5.11. The van der Waals surface area contributed by atoms with Gasteiger partial charge in [0.1, 0.15) is 0 Å². The van der Waals surface area contributed by atoms with E-state index in [9.17, 15) is 0 Å². The molecule has 0 heterocycles. The van der Waals surface area contributed by atoms with Crippen LogP contribution < -0.4 is 0 Å². The average Bonchev–Trinajstić information content (AvgIpc) is 1.55. The topological polar surface area (TPSA) is 0 Å². The highest BCUT2D eigenvalue weighted by molar-refractivity contribution is 6.47. The van der Waals surface area contributed by atoms with Crippen LogP contribution in [0.4, 0.5) is 0 Å². The summed E-state index contributed by atoms with van der Waals surface area (Å²) in [6.45, 7) is 0. The van der Waals surface area contributed by atoms with Crippen molar-refractivity contribution in [3.05, 3.63) is 0 Å². The molecule has 0 aromatic rings. The van der Waals surface area contributed by atoms with E-state index in [0.29, 0.717) is 0 Å². The third-order valence-electron chi connectivity index (χ3n) is 1.48. The maximum atomic E-state index is 5.03. The van der Waals surface area contributed by atoms with Crippen molar-refractivity contribution in [3.8, 4) is 12.2 Å². The van der Waals surface area contributed by atoms with E-state index in [2.05, 4.69) is 5.82 Å². The molecule has 0 aromatic heterocycles. The fourth-order valence-electron chi connectivity index (χ4n) is 0.743. The van der Waals surface area contributed by atoms with E-state index in [1.807, 2.05) is 7.28 Å². The molecule has 0 atom stereocenters. The molecule has 0 unspecified atom stereocenters. The molecule has 0 aromatic carbocycles. The summed E-state index contributed by atoms with van der Waals surface area (Å²) in [5, 5.41) is 0. The minimum atomic E-state index is 0.769. The summed E-state index contributed by atoms with van der Waals surface area (Å²) in [5.41, 5.74) is 0. The van der Waals surface area contributed by atoms with Gasteiger partial charge in [0.25, 0.3) is 0 Å². The van der Waals surface area contributed by atoms with Crippen LogP contribution in [0.1, 0.15) is 19.3 Å². The molecule has 0 bridgehead atoms. The van der Waals surface area contributed by atoms with Gasteiger partial charge >= 0.3 is 0 Å². The van der Waals surface area contributed by atoms with Crippen LogP contribution in [0.15, 0.2) is 0 Å². The van der Waals surface area contributed by atoms with Crippen LogP contribution in [-0.4, -0.2) is 7.28 Å². The molecule has 35 valence electrons. The van der Waals surface area contributed by atoms with Gasteiger partial charge < -0.3 is 0 Å². The third kappa shape index (κ3) is 0.994. The van der Waals surface area contributed by atoms with Crippen molar-refractivity contribution in [1.29, 1.82) is 0 Å². The molecule has 0 amide bonds. The van der Waals surface area contributed by atoms with Crippen LogP contribution in [0.5, 0.6) is 0 Å². The van der Waals surface area contributed by atoms with Gasteiger partial charge in [0, 0.05) is 0 Å². The van der Waals surface area contributed by atoms with E-state index in [1.165, 1.54) is 19.3 Å². The highest BCUT2D eigenvalue weighted by Gasteiger charge is 2.16. The molecule has 0 N–H and O–H groups in total. The molecule has 7 heavy (non-hydrogen) atoms. The van der Waals surface area contributed by atoms with Crippen LogP contribution in [-0.2, 0) is 0 Å². The van der Waals surface area contributed by atoms with E-state index in [-0.39, 0.29) is 0 Å². The second-order valence-electron chi connectivity index (χ2n) is 2.02. The first kappa shape index (κ1) is 4.78. The van der Waals surface area contributed by atoms with Gasteiger partial charge in [0.15, 0.2) is 0 Å². The molecule has 1 fully saturated rings. The number of hydrogen-bond donors (Lipinski definition) is 0. The fourth-order valence-corrected chi connectivity index (χ4v) is 0.743. The SMILES string of the molecule is C#C[B]C1CCC1. The van der Waals surface area contributed by atoms with Gasteiger partial charge in [0.05, 0.1) is 0 Å². The molecule has 0 nitrogen and oxygen atoms in total. The predicted octanol–water partition coefficient (Wildman–Crippen LogP) is 1.25. The van der Waals surface area contributed by atoms with Gasteiger partial charge in [-0.25, -0.2) is 0 Å². The zero-order valence-electron chi connectivity index (χ0n) is 4.35. The van der Waals surface area contributed by atoms with Gasteiger partial charge in [-0.2, -0.15) is 5.82 Å². The number of hydrogen-bond acceptors (Lipinski definition) is 0. The van der Waals surface area contributed by atoms with Crippen molar-refractivity contribution >= 4 is 7.28 Å². The summed E-state index contributed by atoms with van der Waals surface area (Å²) in [6.07, 6.45) is 9.06. The molecular weight excluding hydrogens is 82.9 g/mol. The Hall–Kier alpha value is -0.375. The lowest BCUT2D eigenvalue weighted by molar-refractivity contribution is 0.501. The highest BCUT2D eigenvalue weighted by Crippen LogP contribution is 2.30. The molecule has 1 radical (unpaired) electrons. The van der Waals surface area contributed by atoms with Crippen molar-refractivity contribution < 1.29 is 0 Å². The van der Waals surface area contributed by atoms with E-state index in [4.69, 9.17) is 6.42 Å². The minimum absolute atomic E-state index is 0.769.